The second-order valence-corrected chi connectivity index (χ2v) is 6.93. The van der Waals surface area contributed by atoms with Crippen molar-refractivity contribution in [2.75, 3.05) is 13.7 Å². The van der Waals surface area contributed by atoms with Crippen LogP contribution in [0.5, 0.6) is 17.2 Å². The van der Waals surface area contributed by atoms with Crippen LogP contribution in [0.15, 0.2) is 58.7 Å². The van der Waals surface area contributed by atoms with Gasteiger partial charge in [0.25, 0.3) is 5.56 Å². The summed E-state index contributed by atoms with van der Waals surface area (Å²) in [7, 11) is 1.55. The number of fused-ring (bicyclic) bond motifs is 3. The van der Waals surface area contributed by atoms with Gasteiger partial charge in [0.2, 0.25) is 5.88 Å². The van der Waals surface area contributed by atoms with Gasteiger partial charge in [-0.2, -0.15) is 5.26 Å². The molecule has 1 aliphatic rings. The fourth-order valence-corrected chi connectivity index (χ4v) is 3.70. The molecule has 2 heterocycles. The topological polar surface area (TPSA) is 110 Å². The summed E-state index contributed by atoms with van der Waals surface area (Å²) in [6.45, 7) is 2.57. The van der Waals surface area contributed by atoms with Crippen LogP contribution in [0, 0.1) is 11.3 Å². The number of nitrogens with two attached hydrogens (primary N) is 1. The number of pyridine rings is 1. The van der Waals surface area contributed by atoms with Crippen molar-refractivity contribution in [3.8, 4) is 23.3 Å². The van der Waals surface area contributed by atoms with E-state index in [2.05, 4.69) is 11.1 Å². The molecule has 1 aromatic heterocycles. The molecule has 30 heavy (non-hydrogen) atoms. The molecule has 1 atom stereocenters. The summed E-state index contributed by atoms with van der Waals surface area (Å²) in [5, 5.41) is 10.5. The maximum absolute atomic E-state index is 13.0. The molecule has 0 radical (unpaired) electrons. The molecule has 0 fully saturated rings. The summed E-state index contributed by atoms with van der Waals surface area (Å²) in [6, 6.07) is 14.8. The van der Waals surface area contributed by atoms with E-state index >= 15 is 0 Å². The fraction of sp³-hybridized carbons (Fsp3) is 0.217. The molecule has 4 rings (SSSR count). The van der Waals surface area contributed by atoms with Gasteiger partial charge in [-0.05, 0) is 36.2 Å². The smallest absolute Gasteiger partial charge is 0.256 e. The third-order valence-corrected chi connectivity index (χ3v) is 5.07. The van der Waals surface area contributed by atoms with Crippen LogP contribution >= 0.6 is 0 Å². The highest BCUT2D eigenvalue weighted by Crippen LogP contribution is 2.44. The zero-order chi connectivity index (χ0) is 21.3. The van der Waals surface area contributed by atoms with E-state index in [1.807, 2.05) is 31.2 Å². The van der Waals surface area contributed by atoms with E-state index in [1.54, 1.807) is 25.3 Å². The largest absolute Gasteiger partial charge is 0.493 e. The molecule has 1 aliphatic heterocycles. The van der Waals surface area contributed by atoms with E-state index < -0.39 is 5.92 Å². The lowest BCUT2D eigenvalue weighted by Gasteiger charge is -2.27. The number of para-hydroxylation sites is 1. The van der Waals surface area contributed by atoms with Crippen molar-refractivity contribution in [1.29, 1.82) is 5.26 Å². The van der Waals surface area contributed by atoms with Crippen molar-refractivity contribution in [3.05, 3.63) is 75.4 Å². The van der Waals surface area contributed by atoms with E-state index in [-0.39, 0.29) is 17.0 Å². The number of hydrogen-bond acceptors (Lipinski definition) is 6. The normalized spacial score (nSPS) is 15.3. The van der Waals surface area contributed by atoms with Crippen LogP contribution in [0.4, 0.5) is 0 Å². The fourth-order valence-electron chi connectivity index (χ4n) is 3.70. The highest BCUT2D eigenvalue weighted by atomic mass is 16.5. The van der Waals surface area contributed by atoms with Crippen LogP contribution < -0.4 is 25.5 Å². The van der Waals surface area contributed by atoms with Crippen LogP contribution in [-0.4, -0.2) is 18.7 Å². The lowest BCUT2D eigenvalue weighted by molar-refractivity contribution is 0.294. The number of nitrogens with zero attached hydrogens (tertiary/aromatic N) is 1. The van der Waals surface area contributed by atoms with Gasteiger partial charge in [0.15, 0.2) is 11.5 Å². The molecule has 0 saturated heterocycles. The zero-order valence-corrected chi connectivity index (χ0v) is 16.7. The Kier molecular flexibility index (Phi) is 5.07. The van der Waals surface area contributed by atoms with Gasteiger partial charge in [0, 0.05) is 5.39 Å². The first-order valence-electron chi connectivity index (χ1n) is 9.62. The molecule has 3 N–H and O–H groups in total. The highest BCUT2D eigenvalue weighted by molar-refractivity contribution is 5.87. The van der Waals surface area contributed by atoms with Gasteiger partial charge in [0.05, 0.1) is 30.7 Å². The minimum atomic E-state index is -0.693. The van der Waals surface area contributed by atoms with Gasteiger partial charge in [-0.25, -0.2) is 0 Å². The average molecular weight is 403 g/mol. The molecule has 152 valence electrons. The Hall–Kier alpha value is -3.92. The van der Waals surface area contributed by atoms with Crippen LogP contribution in [0.25, 0.3) is 10.9 Å². The van der Waals surface area contributed by atoms with E-state index in [4.69, 9.17) is 19.9 Å². The van der Waals surface area contributed by atoms with Gasteiger partial charge >= 0.3 is 0 Å². The molecule has 7 nitrogen and oxygen atoms in total. The number of nitriles is 1. The molecule has 0 amide bonds. The standard InChI is InChI=1S/C23H21N3O4/c1-3-10-29-17-9-8-13(11-18(17)28-2)19-15(12-24)22(25)30-21-14-6-4-5-7-16(14)26-23(27)20(19)21/h4-9,11,19H,3,10,25H2,1-2H3,(H,26,27). The van der Waals surface area contributed by atoms with Gasteiger partial charge in [0.1, 0.15) is 17.4 Å². The van der Waals surface area contributed by atoms with E-state index in [1.165, 1.54) is 0 Å². The van der Waals surface area contributed by atoms with Crippen LogP contribution in [0.2, 0.25) is 0 Å². The van der Waals surface area contributed by atoms with E-state index in [0.29, 0.717) is 45.9 Å². The summed E-state index contributed by atoms with van der Waals surface area (Å²) in [4.78, 5) is 15.9. The number of ether oxygens (including phenoxy) is 3. The number of hydrogen-bond donors (Lipinski definition) is 2. The van der Waals surface area contributed by atoms with Crippen LogP contribution in [0.3, 0.4) is 0 Å². The minimum absolute atomic E-state index is 0.0176. The Balaban J connectivity index is 1.95. The second-order valence-electron chi connectivity index (χ2n) is 6.93. The maximum Gasteiger partial charge on any atom is 0.256 e. The molecule has 1 unspecified atom stereocenters. The van der Waals surface area contributed by atoms with Crippen molar-refractivity contribution in [2.45, 2.75) is 19.3 Å². The van der Waals surface area contributed by atoms with Gasteiger partial charge in [-0.3, -0.25) is 4.79 Å². The Morgan fingerprint density at radius 2 is 2.03 bits per heavy atom. The third kappa shape index (κ3) is 3.12. The number of rotatable bonds is 5. The molecule has 0 aliphatic carbocycles. The predicted octanol–water partition coefficient (Wildman–Crippen LogP) is 3.54. The second kappa shape index (κ2) is 7.84. The molecule has 0 saturated carbocycles. The summed E-state index contributed by atoms with van der Waals surface area (Å²) in [5.74, 6) is 0.763. The van der Waals surface area contributed by atoms with Crippen molar-refractivity contribution in [2.24, 2.45) is 5.73 Å². The third-order valence-electron chi connectivity index (χ3n) is 5.07. The summed E-state index contributed by atoms with van der Waals surface area (Å²) < 4.78 is 17.0. The van der Waals surface area contributed by atoms with Gasteiger partial charge in [-0.15, -0.1) is 0 Å². The van der Waals surface area contributed by atoms with Crippen molar-refractivity contribution in [1.82, 2.24) is 4.98 Å². The number of allylic oxidation sites excluding steroid dienone is 1. The van der Waals surface area contributed by atoms with Gasteiger partial charge < -0.3 is 24.9 Å². The first-order chi connectivity index (χ1) is 14.6. The number of aromatic amines is 1. The van der Waals surface area contributed by atoms with Gasteiger partial charge in [-0.1, -0.05) is 25.1 Å². The number of H-pyrrole nitrogens is 1. The highest BCUT2D eigenvalue weighted by Gasteiger charge is 2.35. The zero-order valence-electron chi connectivity index (χ0n) is 16.7. The summed E-state index contributed by atoms with van der Waals surface area (Å²) >= 11 is 0. The molecule has 2 aromatic carbocycles. The SMILES string of the molecule is CCCOc1ccc(C2C(C#N)=C(N)Oc3c2c(=O)[nH]c2ccccc32)cc1OC. The molecular formula is C23H21N3O4. The molecular weight excluding hydrogens is 382 g/mol. The summed E-state index contributed by atoms with van der Waals surface area (Å²) in [6.07, 6.45) is 0.860. The van der Waals surface area contributed by atoms with Crippen LogP contribution in [-0.2, 0) is 0 Å². The van der Waals surface area contributed by atoms with Crippen molar-refractivity contribution >= 4 is 10.9 Å². The predicted molar refractivity (Wildman–Crippen MR) is 113 cm³/mol. The lowest BCUT2D eigenvalue weighted by Crippen LogP contribution is -2.27. The average Bonchev–Trinajstić information content (AvgIpc) is 2.76. The maximum atomic E-state index is 13.0. The Labute approximate surface area is 173 Å². The van der Waals surface area contributed by atoms with Crippen LogP contribution in [0.1, 0.15) is 30.4 Å². The quantitative estimate of drug-likeness (QED) is 0.674. The number of methoxy groups -OCH3 is 1. The Morgan fingerprint density at radius 3 is 2.77 bits per heavy atom. The number of benzene rings is 2. The lowest BCUT2D eigenvalue weighted by atomic mass is 9.83. The molecule has 3 aromatic rings. The molecule has 0 spiro atoms. The Bertz CT molecular complexity index is 1250. The molecule has 0 bridgehead atoms. The first-order valence-corrected chi connectivity index (χ1v) is 9.62. The summed E-state index contributed by atoms with van der Waals surface area (Å²) in [5.41, 5.74) is 7.60. The molecule has 7 heteroatoms. The number of aromatic nitrogens is 1. The monoisotopic (exact) mass is 403 g/mol. The minimum Gasteiger partial charge on any atom is -0.493 e. The van der Waals surface area contributed by atoms with Crippen molar-refractivity contribution in [3.63, 3.8) is 0 Å². The number of nitrogens with one attached hydrogen (secondary N) is 1. The van der Waals surface area contributed by atoms with Crippen molar-refractivity contribution < 1.29 is 14.2 Å². The Morgan fingerprint density at radius 1 is 1.23 bits per heavy atom. The van der Waals surface area contributed by atoms with E-state index in [9.17, 15) is 10.1 Å². The van der Waals surface area contributed by atoms with E-state index in [0.717, 1.165) is 6.42 Å². The first kappa shape index (κ1) is 19.4.